The summed E-state index contributed by atoms with van der Waals surface area (Å²) in [6.45, 7) is 0. The van der Waals surface area contributed by atoms with Crippen molar-refractivity contribution >= 4 is 6.08 Å². The van der Waals surface area contributed by atoms with Crippen LogP contribution in [0, 0.1) is 0 Å². The van der Waals surface area contributed by atoms with Crippen LogP contribution in [0.3, 0.4) is 0 Å². The second-order valence-electron chi connectivity index (χ2n) is 4.02. The van der Waals surface area contributed by atoms with Crippen molar-refractivity contribution in [3.05, 3.63) is 65.6 Å². The second-order valence-corrected chi connectivity index (χ2v) is 4.02. The highest BCUT2D eigenvalue weighted by atomic mass is 16.3. The summed E-state index contributed by atoms with van der Waals surface area (Å²) in [6, 6.07) is 9.81. The molecule has 0 unspecified atom stereocenters. The zero-order chi connectivity index (χ0) is 11.0. The van der Waals surface area contributed by atoms with Crippen LogP contribution in [0.5, 0.6) is 0 Å². The Morgan fingerprint density at radius 3 is 2.81 bits per heavy atom. The molecule has 1 aliphatic carbocycles. The van der Waals surface area contributed by atoms with Crippen LogP contribution < -0.4 is 0 Å². The maximum atomic E-state index is 10.3. The van der Waals surface area contributed by atoms with Gasteiger partial charge in [0.25, 0.3) is 0 Å². The Bertz CT molecular complexity index is 511. The lowest BCUT2D eigenvalue weighted by Gasteiger charge is -2.24. The van der Waals surface area contributed by atoms with Gasteiger partial charge in [0.1, 0.15) is 0 Å². The monoisotopic (exact) mass is 212 g/mol. The summed E-state index contributed by atoms with van der Waals surface area (Å²) in [4.78, 5) is 0. The molecule has 0 saturated heterocycles. The molecule has 0 saturated carbocycles. The summed E-state index contributed by atoms with van der Waals surface area (Å²) in [5, 5.41) is 10.3. The highest BCUT2D eigenvalue weighted by Gasteiger charge is 2.25. The van der Waals surface area contributed by atoms with E-state index in [0.717, 1.165) is 16.7 Å². The maximum Gasteiger partial charge on any atom is 0.0941 e. The molecule has 2 aromatic rings. The lowest BCUT2D eigenvalue weighted by atomic mass is 9.84. The van der Waals surface area contributed by atoms with Gasteiger partial charge >= 0.3 is 0 Å². The fourth-order valence-corrected chi connectivity index (χ4v) is 2.20. The smallest absolute Gasteiger partial charge is 0.0941 e. The van der Waals surface area contributed by atoms with E-state index in [-0.39, 0.29) is 5.92 Å². The molecule has 2 atom stereocenters. The topological polar surface area (TPSA) is 33.4 Å². The molecule has 0 fully saturated rings. The zero-order valence-corrected chi connectivity index (χ0v) is 8.71. The molecule has 2 heteroatoms. The minimum atomic E-state index is -0.487. The van der Waals surface area contributed by atoms with Crippen molar-refractivity contribution in [2.45, 2.75) is 12.0 Å². The van der Waals surface area contributed by atoms with Crippen molar-refractivity contribution in [2.75, 3.05) is 0 Å². The fourth-order valence-electron chi connectivity index (χ4n) is 2.20. The molecule has 1 aliphatic rings. The number of hydrogen-bond donors (Lipinski definition) is 1. The van der Waals surface area contributed by atoms with Gasteiger partial charge in [0.15, 0.2) is 0 Å². The Morgan fingerprint density at radius 2 is 2.00 bits per heavy atom. The number of benzene rings is 1. The van der Waals surface area contributed by atoms with Gasteiger partial charge in [-0.2, -0.15) is 0 Å². The molecule has 0 spiro atoms. The molecule has 0 radical (unpaired) electrons. The highest BCUT2D eigenvalue weighted by molar-refractivity contribution is 5.59. The summed E-state index contributed by atoms with van der Waals surface area (Å²) >= 11 is 0. The molecular weight excluding hydrogens is 200 g/mol. The standard InChI is InChI=1S/C14H12O2/c15-14-12-4-2-1-3-10(12)5-6-13(14)11-7-8-16-9-11/h1-9,13-15H/t13-,14-/m1/s1. The molecule has 1 heterocycles. The minimum absolute atomic E-state index is 0.00588. The molecule has 3 rings (SSSR count). The first-order valence-corrected chi connectivity index (χ1v) is 5.33. The first-order chi connectivity index (χ1) is 7.86. The number of furan rings is 1. The average Bonchev–Trinajstić information content (AvgIpc) is 2.83. The third kappa shape index (κ3) is 1.39. The SMILES string of the molecule is O[C@@H]1c2ccccc2C=C[C@@H]1c1ccoc1. The largest absolute Gasteiger partial charge is 0.472 e. The number of hydrogen-bond acceptors (Lipinski definition) is 2. The van der Waals surface area contributed by atoms with Crippen molar-refractivity contribution in [2.24, 2.45) is 0 Å². The summed E-state index contributed by atoms with van der Waals surface area (Å²) in [5.74, 6) is -0.00588. The van der Waals surface area contributed by atoms with Crippen LogP contribution in [0.4, 0.5) is 0 Å². The van der Waals surface area contributed by atoms with Crippen LogP contribution in [0.1, 0.15) is 28.7 Å². The van der Waals surface area contributed by atoms with Crippen molar-refractivity contribution in [3.8, 4) is 0 Å². The van der Waals surface area contributed by atoms with Crippen molar-refractivity contribution in [3.63, 3.8) is 0 Å². The summed E-state index contributed by atoms with van der Waals surface area (Å²) in [5.41, 5.74) is 3.09. The molecule has 16 heavy (non-hydrogen) atoms. The molecule has 80 valence electrons. The molecular formula is C14H12O2. The van der Waals surface area contributed by atoms with Crippen molar-refractivity contribution < 1.29 is 9.52 Å². The van der Waals surface area contributed by atoms with Crippen LogP contribution in [-0.4, -0.2) is 5.11 Å². The number of aliphatic hydroxyl groups excluding tert-OH is 1. The second kappa shape index (κ2) is 3.65. The Labute approximate surface area is 93.8 Å². The van der Waals surface area contributed by atoms with E-state index < -0.39 is 6.10 Å². The van der Waals surface area contributed by atoms with E-state index in [1.807, 2.05) is 36.4 Å². The van der Waals surface area contributed by atoms with E-state index in [1.54, 1.807) is 12.5 Å². The van der Waals surface area contributed by atoms with Crippen LogP contribution in [0.25, 0.3) is 6.08 Å². The van der Waals surface area contributed by atoms with Gasteiger partial charge in [-0.3, -0.25) is 0 Å². The van der Waals surface area contributed by atoms with Gasteiger partial charge < -0.3 is 9.52 Å². The van der Waals surface area contributed by atoms with Gasteiger partial charge in [-0.15, -0.1) is 0 Å². The van der Waals surface area contributed by atoms with Crippen LogP contribution >= 0.6 is 0 Å². The maximum absolute atomic E-state index is 10.3. The van der Waals surface area contributed by atoms with Crippen molar-refractivity contribution in [1.82, 2.24) is 0 Å². The lowest BCUT2D eigenvalue weighted by molar-refractivity contribution is 0.160. The van der Waals surface area contributed by atoms with E-state index in [0.29, 0.717) is 0 Å². The van der Waals surface area contributed by atoms with Crippen LogP contribution in [0.2, 0.25) is 0 Å². The first kappa shape index (κ1) is 9.43. The van der Waals surface area contributed by atoms with Gasteiger partial charge in [-0.1, -0.05) is 36.4 Å². The van der Waals surface area contributed by atoms with E-state index >= 15 is 0 Å². The van der Waals surface area contributed by atoms with Gasteiger partial charge in [0, 0.05) is 11.5 Å². The summed E-state index contributed by atoms with van der Waals surface area (Å²) < 4.78 is 5.06. The third-order valence-electron chi connectivity index (χ3n) is 3.07. The lowest BCUT2D eigenvalue weighted by Crippen LogP contribution is -2.12. The Morgan fingerprint density at radius 1 is 1.12 bits per heavy atom. The average molecular weight is 212 g/mol. The fraction of sp³-hybridized carbons (Fsp3) is 0.143. The van der Waals surface area contributed by atoms with E-state index in [2.05, 4.69) is 6.08 Å². The van der Waals surface area contributed by atoms with Crippen LogP contribution in [-0.2, 0) is 0 Å². The molecule has 0 bridgehead atoms. The zero-order valence-electron chi connectivity index (χ0n) is 8.71. The molecule has 1 aromatic heterocycles. The van der Waals surface area contributed by atoms with Crippen molar-refractivity contribution in [1.29, 1.82) is 0 Å². The third-order valence-corrected chi connectivity index (χ3v) is 3.07. The normalized spacial score (nSPS) is 23.1. The van der Waals surface area contributed by atoms with Gasteiger partial charge in [0.05, 0.1) is 18.6 Å². The summed E-state index contributed by atoms with van der Waals surface area (Å²) in [7, 11) is 0. The number of fused-ring (bicyclic) bond motifs is 1. The first-order valence-electron chi connectivity index (χ1n) is 5.33. The van der Waals surface area contributed by atoms with Crippen LogP contribution in [0.15, 0.2) is 53.4 Å². The molecule has 1 N–H and O–H groups in total. The molecule has 2 nitrogen and oxygen atoms in total. The highest BCUT2D eigenvalue weighted by Crippen LogP contribution is 2.38. The Hall–Kier alpha value is -1.80. The Balaban J connectivity index is 2.04. The number of rotatable bonds is 1. The number of aliphatic hydroxyl groups is 1. The van der Waals surface area contributed by atoms with E-state index in [9.17, 15) is 5.11 Å². The van der Waals surface area contributed by atoms with Gasteiger partial charge in [0.2, 0.25) is 0 Å². The van der Waals surface area contributed by atoms with Gasteiger partial charge in [-0.05, 0) is 17.2 Å². The molecule has 1 aromatic carbocycles. The predicted octanol–water partition coefficient (Wildman–Crippen LogP) is 3.12. The minimum Gasteiger partial charge on any atom is -0.472 e. The quantitative estimate of drug-likeness (QED) is 0.787. The van der Waals surface area contributed by atoms with E-state index in [4.69, 9.17) is 4.42 Å². The van der Waals surface area contributed by atoms with Gasteiger partial charge in [-0.25, -0.2) is 0 Å². The summed E-state index contributed by atoms with van der Waals surface area (Å²) in [6.07, 6.45) is 6.92. The predicted molar refractivity (Wildman–Crippen MR) is 61.9 cm³/mol. The molecule has 0 amide bonds. The Kier molecular flexibility index (Phi) is 2.15. The van der Waals surface area contributed by atoms with E-state index in [1.165, 1.54) is 0 Å². The molecule has 0 aliphatic heterocycles.